The van der Waals surface area contributed by atoms with E-state index in [1.54, 1.807) is 6.92 Å². The third kappa shape index (κ3) is 4.40. The zero-order valence-corrected chi connectivity index (χ0v) is 8.54. The Morgan fingerprint density at radius 3 is 3.07 bits per heavy atom. The molecule has 1 fully saturated rings. The second-order valence-corrected chi connectivity index (χ2v) is 3.19. The second-order valence-electron chi connectivity index (χ2n) is 3.19. The highest BCUT2D eigenvalue weighted by atomic mass is 16.7. The number of hydrogen-bond donors (Lipinski definition) is 0. The van der Waals surface area contributed by atoms with Gasteiger partial charge in [-0.05, 0) is 25.2 Å². The number of hydrogen-bond acceptors (Lipinski definition) is 3. The fourth-order valence-corrected chi connectivity index (χ4v) is 1.20. The van der Waals surface area contributed by atoms with Gasteiger partial charge in [-0.1, -0.05) is 12.8 Å². The first-order chi connectivity index (χ1) is 6.83. The Morgan fingerprint density at radius 1 is 1.57 bits per heavy atom. The van der Waals surface area contributed by atoms with Crippen molar-refractivity contribution in [2.45, 2.75) is 38.9 Å². The molecule has 78 valence electrons. The monoisotopic (exact) mass is 196 g/mol. The van der Waals surface area contributed by atoms with Crippen LogP contribution < -0.4 is 0 Å². The van der Waals surface area contributed by atoms with E-state index in [0.717, 1.165) is 25.9 Å². The molecule has 1 heterocycles. The highest BCUT2D eigenvalue weighted by Crippen LogP contribution is 2.12. The van der Waals surface area contributed by atoms with Crippen LogP contribution >= 0.6 is 0 Å². The topological polar surface area (TPSA) is 35.5 Å². The van der Waals surface area contributed by atoms with Gasteiger partial charge < -0.3 is 9.47 Å². The largest absolute Gasteiger partial charge is 0.353 e. The van der Waals surface area contributed by atoms with Crippen LogP contribution in [0.2, 0.25) is 0 Å². The van der Waals surface area contributed by atoms with Crippen molar-refractivity contribution in [1.29, 1.82) is 0 Å². The van der Waals surface area contributed by atoms with Crippen molar-refractivity contribution >= 4 is 5.78 Å². The van der Waals surface area contributed by atoms with E-state index >= 15 is 0 Å². The third-order valence-electron chi connectivity index (χ3n) is 2.03. The Hall–Kier alpha value is -0.850. The highest BCUT2D eigenvalue weighted by Gasteiger charge is 2.12. The lowest BCUT2D eigenvalue weighted by Gasteiger charge is -2.21. The maximum atomic E-state index is 10.8. The summed E-state index contributed by atoms with van der Waals surface area (Å²) in [4.78, 5) is 10.8. The van der Waals surface area contributed by atoms with Gasteiger partial charge in [0.15, 0.2) is 6.29 Å². The summed E-state index contributed by atoms with van der Waals surface area (Å²) >= 11 is 0. The molecule has 0 bridgehead atoms. The van der Waals surface area contributed by atoms with Crippen molar-refractivity contribution in [3.63, 3.8) is 0 Å². The molecule has 0 amide bonds. The predicted octanol–water partition coefficient (Wildman–Crippen LogP) is 1.51. The third-order valence-corrected chi connectivity index (χ3v) is 2.03. The van der Waals surface area contributed by atoms with Crippen LogP contribution in [-0.4, -0.2) is 25.3 Å². The summed E-state index contributed by atoms with van der Waals surface area (Å²) in [5, 5.41) is 0. The lowest BCUT2D eigenvalue weighted by molar-refractivity contribution is -0.154. The Balaban J connectivity index is 2.12. The van der Waals surface area contributed by atoms with Crippen LogP contribution in [0.5, 0.6) is 0 Å². The molecule has 0 aliphatic carbocycles. The first kappa shape index (κ1) is 11.2. The molecule has 1 saturated heterocycles. The summed E-state index contributed by atoms with van der Waals surface area (Å²) in [6.45, 7) is 2.85. The van der Waals surface area contributed by atoms with Gasteiger partial charge in [0.05, 0.1) is 0 Å². The molecule has 0 aromatic heterocycles. The van der Waals surface area contributed by atoms with Crippen molar-refractivity contribution in [3.8, 4) is 11.8 Å². The number of ketones is 1. The minimum absolute atomic E-state index is 0.0434. The van der Waals surface area contributed by atoms with E-state index in [9.17, 15) is 4.79 Å². The van der Waals surface area contributed by atoms with Gasteiger partial charge in [0, 0.05) is 13.0 Å². The average molecular weight is 196 g/mol. The average Bonchev–Trinajstić information content (AvgIpc) is 2.25. The lowest BCUT2D eigenvalue weighted by atomic mass is 10.2. The fraction of sp³-hybridized carbons (Fsp3) is 0.727. The van der Waals surface area contributed by atoms with Crippen LogP contribution in [-0.2, 0) is 14.3 Å². The van der Waals surface area contributed by atoms with E-state index in [1.807, 2.05) is 0 Å². The van der Waals surface area contributed by atoms with Crippen molar-refractivity contribution in [3.05, 3.63) is 0 Å². The molecule has 14 heavy (non-hydrogen) atoms. The van der Waals surface area contributed by atoms with Gasteiger partial charge in [0.2, 0.25) is 5.78 Å². The van der Waals surface area contributed by atoms with Crippen LogP contribution in [0.25, 0.3) is 0 Å². The summed E-state index contributed by atoms with van der Waals surface area (Å²) in [6, 6.07) is 0. The molecular formula is C11H16O3. The summed E-state index contributed by atoms with van der Waals surface area (Å²) in [6.07, 6.45) is 3.54. The molecule has 0 aromatic carbocycles. The van der Waals surface area contributed by atoms with E-state index in [0.29, 0.717) is 6.42 Å². The van der Waals surface area contributed by atoms with Crippen molar-refractivity contribution in [2.75, 3.05) is 13.2 Å². The molecule has 1 rings (SSSR count). The van der Waals surface area contributed by atoms with Gasteiger partial charge in [-0.2, -0.15) is 0 Å². The Bertz CT molecular complexity index is 231. The maximum absolute atomic E-state index is 10.8. The van der Waals surface area contributed by atoms with Crippen LogP contribution in [0, 0.1) is 11.8 Å². The van der Waals surface area contributed by atoms with E-state index in [-0.39, 0.29) is 18.7 Å². The Labute approximate surface area is 84.8 Å². The number of Topliss-reactive ketones (excluding diaryl/α,β-unsaturated/α-hetero) is 1. The van der Waals surface area contributed by atoms with Gasteiger partial charge >= 0.3 is 0 Å². The normalized spacial score (nSPS) is 21.1. The molecule has 3 heteroatoms. The molecule has 0 radical (unpaired) electrons. The minimum Gasteiger partial charge on any atom is -0.353 e. The molecule has 0 N–H and O–H groups in total. The smallest absolute Gasteiger partial charge is 0.205 e. The van der Waals surface area contributed by atoms with Gasteiger partial charge in [-0.15, -0.1) is 0 Å². The van der Waals surface area contributed by atoms with Gasteiger partial charge in [0.1, 0.15) is 6.61 Å². The zero-order valence-electron chi connectivity index (χ0n) is 8.54. The van der Waals surface area contributed by atoms with Crippen LogP contribution in [0.1, 0.15) is 32.6 Å². The summed E-state index contributed by atoms with van der Waals surface area (Å²) in [7, 11) is 0. The molecule has 1 atom stereocenters. The van der Waals surface area contributed by atoms with E-state index in [2.05, 4.69) is 11.8 Å². The van der Waals surface area contributed by atoms with Gasteiger partial charge in [-0.3, -0.25) is 4.79 Å². The Morgan fingerprint density at radius 2 is 2.43 bits per heavy atom. The molecular weight excluding hydrogens is 180 g/mol. The highest BCUT2D eigenvalue weighted by molar-refractivity contribution is 5.95. The predicted molar refractivity (Wildman–Crippen MR) is 52.6 cm³/mol. The summed E-state index contributed by atoms with van der Waals surface area (Å²) in [5.74, 6) is 5.14. The van der Waals surface area contributed by atoms with E-state index in [1.165, 1.54) is 0 Å². The SMILES string of the molecule is CCC(=O)C#CCOC1CCCCO1. The van der Waals surface area contributed by atoms with Crippen molar-refractivity contribution in [1.82, 2.24) is 0 Å². The molecule has 1 unspecified atom stereocenters. The minimum atomic E-state index is -0.116. The number of ether oxygens (including phenoxy) is 2. The van der Waals surface area contributed by atoms with Crippen LogP contribution in [0.4, 0.5) is 0 Å². The number of carbonyl (C=O) groups is 1. The van der Waals surface area contributed by atoms with Crippen LogP contribution in [0.3, 0.4) is 0 Å². The first-order valence-corrected chi connectivity index (χ1v) is 5.08. The number of carbonyl (C=O) groups excluding carboxylic acids is 1. The molecule has 3 nitrogen and oxygen atoms in total. The molecule has 0 aromatic rings. The molecule has 1 aliphatic rings. The summed E-state index contributed by atoms with van der Waals surface area (Å²) < 4.78 is 10.7. The summed E-state index contributed by atoms with van der Waals surface area (Å²) in [5.41, 5.74) is 0. The first-order valence-electron chi connectivity index (χ1n) is 5.08. The Kier molecular flexibility index (Phi) is 5.28. The standard InChI is InChI=1S/C11H16O3/c1-2-10(12)6-5-9-14-11-7-3-4-8-13-11/h11H,2-4,7-9H2,1H3. The molecule has 0 saturated carbocycles. The molecule has 1 aliphatic heterocycles. The lowest BCUT2D eigenvalue weighted by Crippen LogP contribution is -2.22. The van der Waals surface area contributed by atoms with Crippen molar-refractivity contribution < 1.29 is 14.3 Å². The quantitative estimate of drug-likeness (QED) is 0.507. The van der Waals surface area contributed by atoms with Crippen molar-refractivity contribution in [2.24, 2.45) is 0 Å². The van der Waals surface area contributed by atoms with Crippen LogP contribution in [0.15, 0.2) is 0 Å². The van der Waals surface area contributed by atoms with Gasteiger partial charge in [-0.25, -0.2) is 0 Å². The van der Waals surface area contributed by atoms with Gasteiger partial charge in [0.25, 0.3) is 0 Å². The molecule has 0 spiro atoms. The maximum Gasteiger partial charge on any atom is 0.205 e. The number of rotatable bonds is 3. The fourth-order valence-electron chi connectivity index (χ4n) is 1.20. The van der Waals surface area contributed by atoms with E-state index < -0.39 is 0 Å². The zero-order chi connectivity index (χ0) is 10.2. The van der Waals surface area contributed by atoms with E-state index in [4.69, 9.17) is 9.47 Å². The second kappa shape index (κ2) is 6.58.